The van der Waals surface area contributed by atoms with Crippen LogP contribution < -0.4 is 0 Å². The Bertz CT molecular complexity index is 1280. The van der Waals surface area contributed by atoms with Crippen LogP contribution in [0.3, 0.4) is 0 Å². The van der Waals surface area contributed by atoms with E-state index in [4.69, 9.17) is 23.2 Å². The van der Waals surface area contributed by atoms with E-state index in [0.29, 0.717) is 0 Å². The van der Waals surface area contributed by atoms with Crippen LogP contribution in [0.25, 0.3) is 22.3 Å². The minimum absolute atomic E-state index is 0. The van der Waals surface area contributed by atoms with Crippen LogP contribution in [0.5, 0.6) is 0 Å². The molecule has 0 spiro atoms. The van der Waals surface area contributed by atoms with Gasteiger partial charge in [-0.1, -0.05) is 110 Å². The van der Waals surface area contributed by atoms with Crippen LogP contribution in [-0.4, -0.2) is 0 Å². The fourth-order valence-electron chi connectivity index (χ4n) is 5.46. The molecular weight excluding hydrogens is 467 g/mol. The summed E-state index contributed by atoms with van der Waals surface area (Å²) in [6, 6.07) is 26.1. The first-order valence-corrected chi connectivity index (χ1v) is 11.5. The van der Waals surface area contributed by atoms with Gasteiger partial charge in [0, 0.05) is 50.0 Å². The molecule has 4 aromatic carbocycles. The van der Waals surface area contributed by atoms with Crippen molar-refractivity contribution in [1.29, 1.82) is 0 Å². The molecule has 0 N–H and O–H groups in total. The first kappa shape index (κ1) is 22.0. The van der Waals surface area contributed by atoms with E-state index in [0.717, 1.165) is 34.0 Å². The maximum Gasteiger partial charge on any atom is 0.0488 e. The molecule has 0 bridgehead atoms. The van der Waals surface area contributed by atoms with Gasteiger partial charge in [-0.3, -0.25) is 0 Å². The average Bonchev–Trinajstić information content (AvgIpc) is 3.34. The number of rotatable bonds is 2. The number of hydrogen-bond acceptors (Lipinski definition) is 0. The van der Waals surface area contributed by atoms with E-state index in [1.807, 2.05) is 0 Å². The molecule has 0 fully saturated rings. The number of hydrogen-bond donors (Lipinski definition) is 0. The molecular formula is C29H22Cl2Ti. The summed E-state index contributed by atoms with van der Waals surface area (Å²) >= 11 is 14.2. The summed E-state index contributed by atoms with van der Waals surface area (Å²) < 4.78 is 0. The van der Waals surface area contributed by atoms with Gasteiger partial charge in [0.25, 0.3) is 0 Å². The number of halogens is 2. The summed E-state index contributed by atoms with van der Waals surface area (Å²) in [5, 5.41) is 1.75. The van der Waals surface area contributed by atoms with Gasteiger partial charge in [0.05, 0.1) is 0 Å². The summed E-state index contributed by atoms with van der Waals surface area (Å²) in [6.07, 6.45) is 1.78. The minimum Gasteiger partial charge on any atom is -0.0837 e. The largest absolute Gasteiger partial charge is 0.0837 e. The fourth-order valence-corrected chi connectivity index (χ4v) is 6.39. The maximum atomic E-state index is 7.08. The summed E-state index contributed by atoms with van der Waals surface area (Å²) in [5.74, 6) is 0. The van der Waals surface area contributed by atoms with E-state index in [2.05, 4.69) is 86.6 Å². The average molecular weight is 489 g/mol. The van der Waals surface area contributed by atoms with Gasteiger partial charge in [0.1, 0.15) is 0 Å². The van der Waals surface area contributed by atoms with E-state index in [9.17, 15) is 0 Å². The molecule has 0 unspecified atom stereocenters. The van der Waals surface area contributed by atoms with Gasteiger partial charge in [-0.15, -0.1) is 0 Å². The van der Waals surface area contributed by atoms with Gasteiger partial charge in [0.15, 0.2) is 0 Å². The molecule has 4 aromatic rings. The monoisotopic (exact) mass is 488 g/mol. The molecule has 2 aliphatic carbocycles. The standard InChI is InChI=1S/C29H22Cl2.Ti/c1-29(2,25-13-11-21-19-9-5-3-7-17(19)15-23(21)27(25)30)26-14-12-22-20-10-6-4-8-18(20)16-24(22)28(26)31;/h3-14H,15-16H2,1-2H3;. The Labute approximate surface area is 214 Å². The number of fused-ring (bicyclic) bond motifs is 6. The second kappa shape index (κ2) is 7.89. The van der Waals surface area contributed by atoms with Crippen molar-refractivity contribution in [2.75, 3.05) is 0 Å². The van der Waals surface area contributed by atoms with Crippen molar-refractivity contribution >= 4 is 23.2 Å². The topological polar surface area (TPSA) is 0 Å². The Morgan fingerprint density at radius 2 is 0.969 bits per heavy atom. The molecule has 3 heteroatoms. The van der Waals surface area contributed by atoms with Crippen LogP contribution in [0.1, 0.15) is 47.2 Å². The van der Waals surface area contributed by atoms with Crippen molar-refractivity contribution in [2.45, 2.75) is 32.1 Å². The molecule has 0 heterocycles. The first-order chi connectivity index (χ1) is 15.0. The second-order valence-electron chi connectivity index (χ2n) is 9.20. The molecule has 32 heavy (non-hydrogen) atoms. The van der Waals surface area contributed by atoms with E-state index in [-0.39, 0.29) is 27.1 Å². The van der Waals surface area contributed by atoms with Crippen LogP contribution in [0, 0.1) is 0 Å². The van der Waals surface area contributed by atoms with Crippen LogP contribution in [0.2, 0.25) is 10.0 Å². The third-order valence-electron chi connectivity index (χ3n) is 7.18. The summed E-state index contributed by atoms with van der Waals surface area (Å²) in [4.78, 5) is 0. The van der Waals surface area contributed by atoms with Gasteiger partial charge in [-0.25, -0.2) is 0 Å². The SMILES string of the molecule is CC(C)(c1ccc2c(c1Cl)Cc1ccccc1-2)c1ccc2c(c1Cl)Cc1ccccc1-2.[Ti]. The van der Waals surface area contributed by atoms with Crippen LogP contribution >= 0.6 is 23.2 Å². The summed E-state index contributed by atoms with van der Waals surface area (Å²) in [5.41, 5.74) is 12.3. The molecule has 0 saturated heterocycles. The molecule has 0 aliphatic heterocycles. The second-order valence-corrected chi connectivity index (χ2v) is 9.96. The predicted octanol–water partition coefficient (Wildman–Crippen LogP) is 8.46. The smallest absolute Gasteiger partial charge is 0.0488 e. The van der Waals surface area contributed by atoms with E-state index < -0.39 is 0 Å². The van der Waals surface area contributed by atoms with Crippen LogP contribution in [0.15, 0.2) is 72.8 Å². The first-order valence-electron chi connectivity index (χ1n) is 10.8. The van der Waals surface area contributed by atoms with Crippen molar-refractivity contribution in [3.8, 4) is 22.3 Å². The van der Waals surface area contributed by atoms with Gasteiger partial charge < -0.3 is 0 Å². The Balaban J connectivity index is 0.00000216. The molecule has 6 rings (SSSR count). The van der Waals surface area contributed by atoms with Crippen molar-refractivity contribution in [1.82, 2.24) is 0 Å². The van der Waals surface area contributed by atoms with Gasteiger partial charge in [-0.05, 0) is 55.6 Å². The van der Waals surface area contributed by atoms with Gasteiger partial charge in [-0.2, -0.15) is 0 Å². The minimum atomic E-state index is -0.304. The van der Waals surface area contributed by atoms with Gasteiger partial charge >= 0.3 is 0 Å². The molecule has 0 saturated carbocycles. The molecule has 156 valence electrons. The van der Waals surface area contributed by atoms with E-state index >= 15 is 0 Å². The Morgan fingerprint density at radius 1 is 0.562 bits per heavy atom. The predicted molar refractivity (Wildman–Crippen MR) is 132 cm³/mol. The maximum absolute atomic E-state index is 7.08. The molecule has 0 atom stereocenters. The molecule has 0 amide bonds. The quantitative estimate of drug-likeness (QED) is 0.214. The van der Waals surface area contributed by atoms with Crippen LogP contribution in [0.4, 0.5) is 0 Å². The van der Waals surface area contributed by atoms with Crippen molar-refractivity contribution in [2.24, 2.45) is 0 Å². The Morgan fingerprint density at radius 3 is 1.41 bits per heavy atom. The molecule has 2 aliphatic rings. The van der Waals surface area contributed by atoms with Gasteiger partial charge in [0.2, 0.25) is 0 Å². The normalized spacial score (nSPS) is 13.1. The molecule has 0 aromatic heterocycles. The Hall–Kier alpha value is -1.83. The van der Waals surface area contributed by atoms with E-state index in [1.165, 1.54) is 44.5 Å². The zero-order chi connectivity index (χ0) is 21.3. The zero-order valence-electron chi connectivity index (χ0n) is 18.1. The summed E-state index contributed by atoms with van der Waals surface area (Å²) in [7, 11) is 0. The fraction of sp³-hybridized carbons (Fsp3) is 0.172. The third kappa shape index (κ3) is 3.08. The van der Waals surface area contributed by atoms with Crippen molar-refractivity contribution < 1.29 is 21.7 Å². The van der Waals surface area contributed by atoms with Crippen LogP contribution in [-0.2, 0) is 40.0 Å². The third-order valence-corrected chi connectivity index (χ3v) is 8.05. The summed E-state index contributed by atoms with van der Waals surface area (Å²) in [6.45, 7) is 4.47. The van der Waals surface area contributed by atoms with Crippen molar-refractivity contribution in [3.05, 3.63) is 116 Å². The molecule has 0 radical (unpaired) electrons. The number of benzene rings is 4. The zero-order valence-corrected chi connectivity index (χ0v) is 21.2. The van der Waals surface area contributed by atoms with Crippen molar-refractivity contribution in [3.63, 3.8) is 0 Å². The Kier molecular flexibility index (Phi) is 5.42. The van der Waals surface area contributed by atoms with E-state index in [1.54, 1.807) is 0 Å². The molecule has 0 nitrogen and oxygen atoms in total.